The first-order valence-electron chi connectivity index (χ1n) is 1.26. The van der Waals surface area contributed by atoms with E-state index in [9.17, 15) is 0 Å². The Hall–Kier alpha value is -0.661. The Labute approximate surface area is 66.7 Å². The first-order chi connectivity index (χ1) is 3.46. The van der Waals surface area contributed by atoms with E-state index in [2.05, 4.69) is 0 Å². The molecule has 6 nitrogen and oxygen atoms in total. The number of carboxylic acid groups (broad SMARTS) is 4. The predicted molar refractivity (Wildman–Crippen MR) is 21.8 cm³/mol. The summed E-state index contributed by atoms with van der Waals surface area (Å²) in [6.07, 6.45) is -4.17. The maximum atomic E-state index is 8.44. The topological polar surface area (TPSA) is 121 Å². The monoisotopic (exact) mass is 242 g/mol. The van der Waals surface area contributed by atoms with Gasteiger partial charge in [0.15, 0.2) is 0 Å². The molecular weight excluding hydrogens is 239 g/mol. The summed E-state index contributed by atoms with van der Waals surface area (Å²) >= 11 is 0. The molecule has 0 saturated heterocycles. The molecule has 0 spiro atoms. The Bertz CT molecular complexity index is 69.1. The number of hydrogen-bond donors (Lipinski definition) is 2. The van der Waals surface area contributed by atoms with Gasteiger partial charge in [0.2, 0.25) is 12.3 Å². The van der Waals surface area contributed by atoms with Gasteiger partial charge in [0.05, 0.1) is 0 Å². The van der Waals surface area contributed by atoms with Crippen LogP contribution in [0.25, 0.3) is 0 Å². The molecule has 50 valence electrons. The summed E-state index contributed by atoms with van der Waals surface area (Å²) in [5.74, 6) is 0. The van der Waals surface area contributed by atoms with Gasteiger partial charge in [-0.15, -0.1) is 0 Å². The van der Waals surface area contributed by atoms with Crippen molar-refractivity contribution in [2.75, 3.05) is 0 Å². The van der Waals surface area contributed by atoms with Crippen molar-refractivity contribution in [2.24, 2.45) is 0 Å². The maximum absolute atomic E-state index is 8.44. The Morgan fingerprint density at radius 2 is 1.00 bits per heavy atom. The third-order valence-electron chi connectivity index (χ3n) is 0. The van der Waals surface area contributed by atoms with Crippen LogP contribution in [0.1, 0.15) is 0 Å². The van der Waals surface area contributed by atoms with Gasteiger partial charge in [0.1, 0.15) is 0 Å². The molecule has 2 radical (unpaired) electrons. The molecule has 0 amide bonds. The van der Waals surface area contributed by atoms with Crippen LogP contribution in [0, 0.1) is 0 Å². The summed E-state index contributed by atoms with van der Waals surface area (Å²) in [5.41, 5.74) is 0. The fourth-order valence-corrected chi connectivity index (χ4v) is 0. The van der Waals surface area contributed by atoms with Gasteiger partial charge in [-0.2, -0.15) is 0 Å². The zero-order chi connectivity index (χ0) is 7.15. The molecule has 0 saturated carbocycles. The van der Waals surface area contributed by atoms with Crippen LogP contribution in [0.2, 0.25) is 0 Å². The number of rotatable bonds is 0. The largest absolute Gasteiger partial charge is 2.00 e. The van der Waals surface area contributed by atoms with E-state index in [1.165, 1.54) is 0 Å². The Morgan fingerprint density at radius 1 is 1.00 bits per heavy atom. The van der Waals surface area contributed by atoms with Crippen LogP contribution in [-0.4, -0.2) is 46.4 Å². The fourth-order valence-electron chi connectivity index (χ4n) is 0. The Morgan fingerprint density at radius 3 is 1.00 bits per heavy atom. The van der Waals surface area contributed by atoms with Crippen LogP contribution in [0.3, 0.4) is 0 Å². The van der Waals surface area contributed by atoms with Gasteiger partial charge in [-0.1, -0.05) is 0 Å². The third kappa shape index (κ3) is 478. The SMILES string of the molecule is O=C([O-])O.O=C([O-])O.[Sn+2]. The van der Waals surface area contributed by atoms with E-state index in [-0.39, 0.29) is 23.9 Å². The first-order valence-corrected chi connectivity index (χ1v) is 1.26. The van der Waals surface area contributed by atoms with Crippen LogP contribution >= 0.6 is 0 Å². The van der Waals surface area contributed by atoms with E-state index in [4.69, 9.17) is 30.0 Å². The molecule has 7 heteroatoms. The minimum absolute atomic E-state index is 0. The zero-order valence-corrected chi connectivity index (χ0v) is 6.88. The Kier molecular flexibility index (Phi) is 18.1. The van der Waals surface area contributed by atoms with Gasteiger partial charge in [-0.05, 0) is 0 Å². The molecule has 0 unspecified atom stereocenters. The average Bonchev–Trinajstić information content (AvgIpc) is 1.25. The molecule has 0 rings (SSSR count). The molecular formula is C2H2O6Sn. The summed E-state index contributed by atoms with van der Waals surface area (Å²) < 4.78 is 0. The molecule has 9 heavy (non-hydrogen) atoms. The third-order valence-corrected chi connectivity index (χ3v) is 0. The van der Waals surface area contributed by atoms with Crippen LogP contribution < -0.4 is 10.2 Å². The standard InChI is InChI=1S/2CH2O3.Sn/c2*2-1(3)4;/h2*(H2,2,3,4);/q;;+2/p-2. The summed E-state index contributed by atoms with van der Waals surface area (Å²) in [6.45, 7) is 0. The normalized spacial score (nSPS) is 5.33. The van der Waals surface area contributed by atoms with Crippen molar-refractivity contribution < 1.29 is 30.0 Å². The minimum Gasteiger partial charge on any atom is -0.565 e. The minimum atomic E-state index is -2.08. The van der Waals surface area contributed by atoms with Crippen molar-refractivity contribution in [3.05, 3.63) is 0 Å². The molecule has 0 fully saturated rings. The van der Waals surface area contributed by atoms with E-state index in [1.807, 2.05) is 0 Å². The summed E-state index contributed by atoms with van der Waals surface area (Å²) in [7, 11) is 0. The molecule has 0 aromatic heterocycles. The molecule has 0 aromatic carbocycles. The molecule has 2 N–H and O–H groups in total. The molecule has 0 aliphatic rings. The van der Waals surface area contributed by atoms with E-state index in [1.54, 1.807) is 0 Å². The van der Waals surface area contributed by atoms with Crippen LogP contribution in [0.4, 0.5) is 9.59 Å². The second-order valence-corrected chi connectivity index (χ2v) is 0.532. The van der Waals surface area contributed by atoms with Crippen molar-refractivity contribution in [3.63, 3.8) is 0 Å². The van der Waals surface area contributed by atoms with Gasteiger partial charge in [-0.3, -0.25) is 0 Å². The first kappa shape index (κ1) is 15.8. The van der Waals surface area contributed by atoms with E-state index >= 15 is 0 Å². The molecule has 0 bridgehead atoms. The zero-order valence-electron chi connectivity index (χ0n) is 4.03. The Balaban J connectivity index is -0.0000000720. The van der Waals surface area contributed by atoms with Gasteiger partial charge in [0, 0.05) is 0 Å². The summed E-state index contributed by atoms with van der Waals surface area (Å²) in [6, 6.07) is 0. The number of carbonyl (C=O) groups is 2. The molecule has 0 atom stereocenters. The second kappa shape index (κ2) is 10.3. The van der Waals surface area contributed by atoms with Crippen molar-refractivity contribution in [1.82, 2.24) is 0 Å². The predicted octanol–water partition coefficient (Wildman–Crippen LogP) is -2.61. The fraction of sp³-hybridized carbons (Fsp3) is 0. The van der Waals surface area contributed by atoms with Gasteiger partial charge < -0.3 is 30.0 Å². The van der Waals surface area contributed by atoms with E-state index in [0.717, 1.165) is 0 Å². The van der Waals surface area contributed by atoms with Crippen molar-refractivity contribution in [1.29, 1.82) is 0 Å². The average molecular weight is 241 g/mol. The summed E-state index contributed by atoms with van der Waals surface area (Å²) in [4.78, 5) is 16.9. The molecule has 0 heterocycles. The summed E-state index contributed by atoms with van der Waals surface area (Å²) in [5, 5.41) is 30.6. The van der Waals surface area contributed by atoms with Crippen LogP contribution in [-0.2, 0) is 0 Å². The van der Waals surface area contributed by atoms with Crippen molar-refractivity contribution in [3.8, 4) is 0 Å². The maximum Gasteiger partial charge on any atom is 2.00 e. The van der Waals surface area contributed by atoms with E-state index < -0.39 is 12.3 Å². The second-order valence-electron chi connectivity index (χ2n) is 0.532. The molecule has 0 aromatic rings. The van der Waals surface area contributed by atoms with E-state index in [0.29, 0.717) is 0 Å². The van der Waals surface area contributed by atoms with Crippen LogP contribution in [0.5, 0.6) is 0 Å². The smallest absolute Gasteiger partial charge is 0.565 e. The van der Waals surface area contributed by atoms with Crippen molar-refractivity contribution in [2.45, 2.75) is 0 Å². The van der Waals surface area contributed by atoms with Gasteiger partial charge in [-0.25, -0.2) is 0 Å². The molecule has 0 aliphatic heterocycles. The van der Waals surface area contributed by atoms with Gasteiger partial charge in [0.25, 0.3) is 0 Å². The van der Waals surface area contributed by atoms with Crippen LogP contribution in [0.15, 0.2) is 0 Å². The number of hydrogen-bond acceptors (Lipinski definition) is 4. The molecule has 0 aliphatic carbocycles. The van der Waals surface area contributed by atoms with Gasteiger partial charge >= 0.3 is 23.9 Å². The quantitative estimate of drug-likeness (QED) is 0.448. The van der Waals surface area contributed by atoms with Crippen molar-refractivity contribution >= 4 is 36.2 Å².